The second kappa shape index (κ2) is 2.97. The Bertz CT molecular complexity index is 279. The van der Waals surface area contributed by atoms with E-state index in [1.165, 1.54) is 5.56 Å². The molecule has 0 spiro atoms. The molecule has 0 saturated carbocycles. The van der Waals surface area contributed by atoms with E-state index in [4.69, 9.17) is 0 Å². The van der Waals surface area contributed by atoms with E-state index in [1.54, 1.807) is 0 Å². The van der Waals surface area contributed by atoms with Gasteiger partial charge in [0.2, 0.25) is 0 Å². The lowest BCUT2D eigenvalue weighted by molar-refractivity contribution is 0.367. The van der Waals surface area contributed by atoms with Crippen molar-refractivity contribution < 1.29 is 0 Å². The molecule has 0 bridgehead atoms. The van der Waals surface area contributed by atoms with Crippen molar-refractivity contribution >= 4 is 0 Å². The van der Waals surface area contributed by atoms with Crippen molar-refractivity contribution in [3.8, 4) is 0 Å². The fourth-order valence-electron chi connectivity index (χ4n) is 1.57. The van der Waals surface area contributed by atoms with Crippen LogP contribution in [0.25, 0.3) is 0 Å². The van der Waals surface area contributed by atoms with Crippen molar-refractivity contribution in [2.24, 2.45) is 0 Å². The summed E-state index contributed by atoms with van der Waals surface area (Å²) in [6.45, 7) is 0. The van der Waals surface area contributed by atoms with Gasteiger partial charge in [0.05, 0.1) is 6.04 Å². The maximum Gasteiger partial charge on any atom is 0.0583 e. The lowest BCUT2D eigenvalue weighted by atomic mass is 10.1. The zero-order valence-electron chi connectivity index (χ0n) is 7.14. The molecule has 0 saturated heterocycles. The smallest absolute Gasteiger partial charge is 0.0583 e. The molecule has 2 nitrogen and oxygen atoms in total. The Morgan fingerprint density at radius 1 is 1.58 bits per heavy atom. The topological polar surface area (TPSA) is 16.1 Å². The number of hydrogen-bond acceptors (Lipinski definition) is 2. The number of nitrogens with zero attached hydrogens (tertiary/aromatic N) is 2. The first-order chi connectivity index (χ1) is 5.88. The largest absolute Gasteiger partial charge is 0.373 e. The van der Waals surface area contributed by atoms with Gasteiger partial charge in [-0.05, 0) is 24.3 Å². The molecule has 2 heterocycles. The molecule has 2 rings (SSSR count). The van der Waals surface area contributed by atoms with Gasteiger partial charge in [-0.25, -0.2) is 0 Å². The van der Waals surface area contributed by atoms with Gasteiger partial charge in [0, 0.05) is 19.4 Å². The molecule has 1 aliphatic rings. The van der Waals surface area contributed by atoms with Crippen LogP contribution < -0.4 is 0 Å². The summed E-state index contributed by atoms with van der Waals surface area (Å²) in [7, 11) is 2.10. The minimum Gasteiger partial charge on any atom is -0.373 e. The Kier molecular flexibility index (Phi) is 1.82. The number of aromatic nitrogens is 1. The van der Waals surface area contributed by atoms with Crippen LogP contribution >= 0.6 is 0 Å². The predicted octanol–water partition coefficient (Wildman–Crippen LogP) is 1.97. The maximum absolute atomic E-state index is 4.11. The lowest BCUT2D eigenvalue weighted by Gasteiger charge is -2.20. The summed E-state index contributed by atoms with van der Waals surface area (Å²) >= 11 is 0. The lowest BCUT2D eigenvalue weighted by Crippen LogP contribution is -2.13. The molecule has 0 aliphatic carbocycles. The van der Waals surface area contributed by atoms with Crippen LogP contribution in [0.4, 0.5) is 0 Å². The van der Waals surface area contributed by atoms with Crippen LogP contribution in [0.1, 0.15) is 18.0 Å². The molecule has 0 fully saturated rings. The van der Waals surface area contributed by atoms with Gasteiger partial charge < -0.3 is 4.90 Å². The van der Waals surface area contributed by atoms with Gasteiger partial charge in [0.1, 0.15) is 0 Å². The molecule has 1 aromatic heterocycles. The van der Waals surface area contributed by atoms with E-state index >= 15 is 0 Å². The highest BCUT2D eigenvalue weighted by Gasteiger charge is 2.16. The van der Waals surface area contributed by atoms with Crippen molar-refractivity contribution in [3.05, 3.63) is 42.4 Å². The molecule has 62 valence electrons. The predicted molar refractivity (Wildman–Crippen MR) is 48.5 cm³/mol. The SMILES string of the molecule is CN1C=CCC1c1cccnc1. The Hall–Kier alpha value is -1.31. The third kappa shape index (κ3) is 1.20. The number of pyridine rings is 1. The second-order valence-corrected chi connectivity index (χ2v) is 3.09. The third-order valence-electron chi connectivity index (χ3n) is 2.26. The average Bonchev–Trinajstić information content (AvgIpc) is 2.53. The first-order valence-corrected chi connectivity index (χ1v) is 4.16. The molecule has 0 aromatic carbocycles. The average molecular weight is 160 g/mol. The highest BCUT2D eigenvalue weighted by atomic mass is 15.1. The van der Waals surface area contributed by atoms with Crippen LogP contribution in [0.2, 0.25) is 0 Å². The Morgan fingerprint density at radius 3 is 3.08 bits per heavy atom. The zero-order chi connectivity index (χ0) is 8.39. The van der Waals surface area contributed by atoms with Crippen LogP contribution in [-0.4, -0.2) is 16.9 Å². The summed E-state index contributed by atoms with van der Waals surface area (Å²) in [5.41, 5.74) is 1.30. The Morgan fingerprint density at radius 2 is 2.50 bits per heavy atom. The highest BCUT2D eigenvalue weighted by molar-refractivity contribution is 5.18. The summed E-state index contributed by atoms with van der Waals surface area (Å²) in [6.07, 6.45) is 9.16. The quantitative estimate of drug-likeness (QED) is 0.624. The molecule has 1 aromatic rings. The molecule has 2 heteroatoms. The summed E-state index contributed by atoms with van der Waals surface area (Å²) in [5.74, 6) is 0. The van der Waals surface area contributed by atoms with E-state index in [2.05, 4.69) is 35.3 Å². The summed E-state index contributed by atoms with van der Waals surface area (Å²) in [6, 6.07) is 4.61. The third-order valence-corrected chi connectivity index (χ3v) is 2.26. The zero-order valence-corrected chi connectivity index (χ0v) is 7.14. The van der Waals surface area contributed by atoms with Crippen LogP contribution in [0.5, 0.6) is 0 Å². The molecular weight excluding hydrogens is 148 g/mol. The van der Waals surface area contributed by atoms with Crippen molar-refractivity contribution in [2.45, 2.75) is 12.5 Å². The molecule has 1 unspecified atom stereocenters. The first kappa shape index (κ1) is 7.35. The normalized spacial score (nSPS) is 21.8. The fourth-order valence-corrected chi connectivity index (χ4v) is 1.57. The number of rotatable bonds is 1. The first-order valence-electron chi connectivity index (χ1n) is 4.16. The van der Waals surface area contributed by atoms with Gasteiger partial charge in [-0.1, -0.05) is 12.1 Å². The van der Waals surface area contributed by atoms with Crippen LogP contribution in [0.15, 0.2) is 36.8 Å². The number of hydrogen-bond donors (Lipinski definition) is 0. The minimum absolute atomic E-state index is 0.499. The van der Waals surface area contributed by atoms with E-state index in [0.29, 0.717) is 6.04 Å². The van der Waals surface area contributed by atoms with E-state index in [1.807, 2.05) is 18.5 Å². The minimum atomic E-state index is 0.499. The van der Waals surface area contributed by atoms with E-state index < -0.39 is 0 Å². The second-order valence-electron chi connectivity index (χ2n) is 3.09. The maximum atomic E-state index is 4.11. The van der Waals surface area contributed by atoms with Gasteiger partial charge >= 0.3 is 0 Å². The van der Waals surface area contributed by atoms with Crippen molar-refractivity contribution in [1.82, 2.24) is 9.88 Å². The molecular formula is C10H12N2. The molecule has 0 amide bonds. The van der Waals surface area contributed by atoms with Crippen LogP contribution in [-0.2, 0) is 0 Å². The van der Waals surface area contributed by atoms with E-state index in [0.717, 1.165) is 6.42 Å². The molecule has 1 atom stereocenters. The van der Waals surface area contributed by atoms with E-state index in [-0.39, 0.29) is 0 Å². The van der Waals surface area contributed by atoms with Gasteiger partial charge in [0.15, 0.2) is 0 Å². The summed E-state index contributed by atoms with van der Waals surface area (Å²) < 4.78 is 0. The fraction of sp³-hybridized carbons (Fsp3) is 0.300. The summed E-state index contributed by atoms with van der Waals surface area (Å²) in [5, 5.41) is 0. The van der Waals surface area contributed by atoms with Gasteiger partial charge in [0.25, 0.3) is 0 Å². The Labute approximate surface area is 72.5 Å². The van der Waals surface area contributed by atoms with E-state index in [9.17, 15) is 0 Å². The molecule has 0 N–H and O–H groups in total. The van der Waals surface area contributed by atoms with Gasteiger partial charge in [-0.3, -0.25) is 4.98 Å². The van der Waals surface area contributed by atoms with Crippen molar-refractivity contribution in [3.63, 3.8) is 0 Å². The standard InChI is InChI=1S/C10H12N2/c1-12-7-3-5-10(12)9-4-2-6-11-8-9/h2-4,6-8,10H,5H2,1H3. The Balaban J connectivity index is 2.22. The van der Waals surface area contributed by atoms with Crippen LogP contribution in [0, 0.1) is 0 Å². The molecule has 12 heavy (non-hydrogen) atoms. The van der Waals surface area contributed by atoms with Crippen molar-refractivity contribution in [2.75, 3.05) is 7.05 Å². The van der Waals surface area contributed by atoms with Gasteiger partial charge in [-0.15, -0.1) is 0 Å². The van der Waals surface area contributed by atoms with Crippen LogP contribution in [0.3, 0.4) is 0 Å². The summed E-state index contributed by atoms with van der Waals surface area (Å²) in [4.78, 5) is 6.33. The molecule has 0 radical (unpaired) electrons. The van der Waals surface area contributed by atoms with Gasteiger partial charge in [-0.2, -0.15) is 0 Å². The highest BCUT2D eigenvalue weighted by Crippen LogP contribution is 2.27. The monoisotopic (exact) mass is 160 g/mol. The van der Waals surface area contributed by atoms with Crippen molar-refractivity contribution in [1.29, 1.82) is 0 Å². The molecule has 1 aliphatic heterocycles.